The van der Waals surface area contributed by atoms with E-state index in [4.69, 9.17) is 0 Å². The van der Waals surface area contributed by atoms with Crippen LogP contribution in [0.5, 0.6) is 0 Å². The van der Waals surface area contributed by atoms with Crippen LogP contribution in [0, 0.1) is 6.92 Å². The second-order valence-corrected chi connectivity index (χ2v) is 6.37. The second kappa shape index (κ2) is 9.43. The van der Waals surface area contributed by atoms with Gasteiger partial charge in [-0.2, -0.15) is 13.2 Å². The molecule has 1 heterocycles. The number of benzene rings is 1. The van der Waals surface area contributed by atoms with Crippen molar-refractivity contribution >= 4 is 22.9 Å². The molecule has 1 aromatic heterocycles. The number of hydrogen-bond donors (Lipinski definition) is 2. The molecule has 2 rings (SSSR count). The number of rotatable bonds is 7. The maximum absolute atomic E-state index is 12.3. The summed E-state index contributed by atoms with van der Waals surface area (Å²) < 4.78 is 39.1. The smallest absolute Gasteiger partial charge is 0.356 e. The van der Waals surface area contributed by atoms with E-state index in [1.165, 1.54) is 7.05 Å². The van der Waals surface area contributed by atoms with E-state index in [1.807, 2.05) is 31.2 Å². The highest BCUT2D eigenvalue weighted by Gasteiger charge is 2.31. The third kappa shape index (κ3) is 6.14. The highest BCUT2D eigenvalue weighted by molar-refractivity contribution is 5.86. The summed E-state index contributed by atoms with van der Waals surface area (Å²) in [5.74, 6) is 0.628. The number of amides is 1. The predicted octanol–water partition coefficient (Wildman–Crippen LogP) is 1.92. The summed E-state index contributed by atoms with van der Waals surface area (Å²) in [7, 11) is 2.65. The molecule has 154 valence electrons. The molecular formula is C18H25F3N6O. The minimum absolute atomic E-state index is 0.266. The maximum Gasteiger partial charge on any atom is 0.406 e. The SMILES string of the molecule is CN=C(NCCCn1c(C)nc2ccccc21)NCC(=O)N(C)CC(F)(F)F. The fourth-order valence-corrected chi connectivity index (χ4v) is 2.79. The standard InChI is InChI=1S/C18H25F3N6O/c1-13-25-14-7-4-5-8-15(14)27(13)10-6-9-23-17(22-2)24-11-16(28)26(3)12-18(19,20)21/h4-5,7-8H,6,9-12H2,1-3H3,(H2,22,23,24). The van der Waals surface area contributed by atoms with Gasteiger partial charge in [0.05, 0.1) is 17.6 Å². The third-order valence-electron chi connectivity index (χ3n) is 4.17. The number of nitrogens with one attached hydrogen (secondary N) is 2. The number of carbonyl (C=O) groups excluding carboxylic acids is 1. The van der Waals surface area contributed by atoms with Crippen LogP contribution in [0.25, 0.3) is 11.0 Å². The summed E-state index contributed by atoms with van der Waals surface area (Å²) >= 11 is 0. The molecule has 0 radical (unpaired) electrons. The summed E-state index contributed by atoms with van der Waals surface area (Å²) in [4.78, 5) is 20.9. The number of guanidine groups is 1. The van der Waals surface area contributed by atoms with Gasteiger partial charge in [-0.3, -0.25) is 9.79 Å². The Labute approximate surface area is 161 Å². The Hall–Kier alpha value is -2.78. The van der Waals surface area contributed by atoms with E-state index in [2.05, 4.69) is 25.2 Å². The number of imidazole rings is 1. The molecule has 0 aliphatic heterocycles. The summed E-state index contributed by atoms with van der Waals surface area (Å²) in [6, 6.07) is 7.91. The number of aryl methyl sites for hydroxylation is 2. The number of alkyl halides is 3. The molecule has 0 aliphatic rings. The molecule has 10 heteroatoms. The van der Waals surface area contributed by atoms with Gasteiger partial charge in [0.15, 0.2) is 5.96 Å². The normalized spacial score (nSPS) is 12.3. The lowest BCUT2D eigenvalue weighted by atomic mass is 10.3. The quantitative estimate of drug-likeness (QED) is 0.425. The first-order valence-corrected chi connectivity index (χ1v) is 8.88. The summed E-state index contributed by atoms with van der Waals surface area (Å²) in [5.41, 5.74) is 2.02. The van der Waals surface area contributed by atoms with Crippen molar-refractivity contribution < 1.29 is 18.0 Å². The summed E-state index contributed by atoms with van der Waals surface area (Å²) in [5, 5.41) is 5.79. The van der Waals surface area contributed by atoms with Gasteiger partial charge in [0.1, 0.15) is 12.4 Å². The van der Waals surface area contributed by atoms with E-state index in [-0.39, 0.29) is 6.54 Å². The fraction of sp³-hybridized carbons (Fsp3) is 0.500. The lowest BCUT2D eigenvalue weighted by Crippen LogP contribution is -2.45. The molecule has 0 saturated heterocycles. The fourth-order valence-electron chi connectivity index (χ4n) is 2.79. The molecule has 0 bridgehead atoms. The number of carbonyl (C=O) groups is 1. The Morgan fingerprint density at radius 1 is 1.29 bits per heavy atom. The van der Waals surface area contributed by atoms with Gasteiger partial charge in [-0.1, -0.05) is 12.1 Å². The van der Waals surface area contributed by atoms with Gasteiger partial charge in [0.25, 0.3) is 0 Å². The van der Waals surface area contributed by atoms with Crippen molar-refractivity contribution in [3.8, 4) is 0 Å². The third-order valence-corrected chi connectivity index (χ3v) is 4.17. The van der Waals surface area contributed by atoms with Crippen LogP contribution in [0.3, 0.4) is 0 Å². The monoisotopic (exact) mass is 398 g/mol. The van der Waals surface area contributed by atoms with E-state index in [9.17, 15) is 18.0 Å². The first-order valence-electron chi connectivity index (χ1n) is 8.88. The second-order valence-electron chi connectivity index (χ2n) is 6.37. The van der Waals surface area contributed by atoms with Crippen molar-refractivity contribution in [3.63, 3.8) is 0 Å². The lowest BCUT2D eigenvalue weighted by Gasteiger charge is -2.20. The number of aromatic nitrogens is 2. The highest BCUT2D eigenvalue weighted by Crippen LogP contribution is 2.16. The zero-order valence-electron chi connectivity index (χ0n) is 16.2. The van der Waals surface area contributed by atoms with Gasteiger partial charge in [0, 0.05) is 27.2 Å². The molecule has 1 amide bonds. The Balaban J connectivity index is 1.77. The van der Waals surface area contributed by atoms with Crippen LogP contribution in [-0.2, 0) is 11.3 Å². The van der Waals surface area contributed by atoms with Gasteiger partial charge in [-0.15, -0.1) is 0 Å². The molecule has 2 aromatic rings. The molecule has 0 aliphatic carbocycles. The average Bonchev–Trinajstić information content (AvgIpc) is 2.94. The number of halogens is 3. The Bertz CT molecular complexity index is 830. The summed E-state index contributed by atoms with van der Waals surface area (Å²) in [6.07, 6.45) is -3.64. The zero-order valence-corrected chi connectivity index (χ0v) is 16.2. The summed E-state index contributed by atoms with van der Waals surface area (Å²) in [6.45, 7) is 1.74. The number of hydrogen-bond acceptors (Lipinski definition) is 3. The molecule has 0 atom stereocenters. The van der Waals surface area contributed by atoms with Gasteiger partial charge < -0.3 is 20.1 Å². The van der Waals surface area contributed by atoms with Crippen LogP contribution >= 0.6 is 0 Å². The predicted molar refractivity (Wildman–Crippen MR) is 102 cm³/mol. The van der Waals surface area contributed by atoms with E-state index >= 15 is 0 Å². The van der Waals surface area contributed by atoms with Crippen molar-refractivity contribution in [1.82, 2.24) is 25.1 Å². The first kappa shape index (κ1) is 21.5. The Kier molecular flexibility index (Phi) is 7.24. The van der Waals surface area contributed by atoms with Crippen LogP contribution in [0.2, 0.25) is 0 Å². The maximum atomic E-state index is 12.3. The van der Waals surface area contributed by atoms with E-state index in [0.29, 0.717) is 17.4 Å². The van der Waals surface area contributed by atoms with Crippen molar-refractivity contribution in [2.45, 2.75) is 26.1 Å². The number of likely N-dealkylation sites (N-methyl/N-ethyl adjacent to an activating group) is 1. The van der Waals surface area contributed by atoms with Gasteiger partial charge >= 0.3 is 6.18 Å². The van der Waals surface area contributed by atoms with Gasteiger partial charge in [-0.25, -0.2) is 4.98 Å². The molecule has 2 N–H and O–H groups in total. The minimum Gasteiger partial charge on any atom is -0.356 e. The number of fused-ring (bicyclic) bond motifs is 1. The highest BCUT2D eigenvalue weighted by atomic mass is 19.4. The van der Waals surface area contributed by atoms with Crippen LogP contribution in [0.15, 0.2) is 29.3 Å². The van der Waals surface area contributed by atoms with Crippen molar-refractivity contribution in [3.05, 3.63) is 30.1 Å². The van der Waals surface area contributed by atoms with Gasteiger partial charge in [0.2, 0.25) is 5.91 Å². The minimum atomic E-state index is -4.42. The Morgan fingerprint density at radius 3 is 2.68 bits per heavy atom. The molecule has 0 unspecified atom stereocenters. The Morgan fingerprint density at radius 2 is 2.00 bits per heavy atom. The van der Waals surface area contributed by atoms with Crippen molar-refractivity contribution in [1.29, 1.82) is 0 Å². The van der Waals surface area contributed by atoms with Crippen LogP contribution in [0.1, 0.15) is 12.2 Å². The molecular weight excluding hydrogens is 373 g/mol. The first-order chi connectivity index (χ1) is 13.2. The van der Waals surface area contributed by atoms with E-state index in [1.54, 1.807) is 0 Å². The number of para-hydroxylation sites is 2. The largest absolute Gasteiger partial charge is 0.406 e. The van der Waals surface area contributed by atoms with Crippen LogP contribution < -0.4 is 10.6 Å². The molecule has 28 heavy (non-hydrogen) atoms. The van der Waals surface area contributed by atoms with Crippen molar-refractivity contribution in [2.24, 2.45) is 4.99 Å². The van der Waals surface area contributed by atoms with E-state index in [0.717, 1.165) is 36.9 Å². The topological polar surface area (TPSA) is 74.5 Å². The average molecular weight is 398 g/mol. The zero-order chi connectivity index (χ0) is 20.7. The molecule has 0 fully saturated rings. The number of aliphatic imine (C=N–C) groups is 1. The molecule has 7 nitrogen and oxygen atoms in total. The van der Waals surface area contributed by atoms with Gasteiger partial charge in [-0.05, 0) is 25.5 Å². The van der Waals surface area contributed by atoms with Crippen LogP contribution in [-0.4, -0.2) is 66.2 Å². The molecule has 1 aromatic carbocycles. The van der Waals surface area contributed by atoms with Crippen LogP contribution in [0.4, 0.5) is 13.2 Å². The molecule has 0 saturated carbocycles. The lowest BCUT2D eigenvalue weighted by molar-refractivity contribution is -0.157. The number of nitrogens with zero attached hydrogens (tertiary/aromatic N) is 4. The van der Waals surface area contributed by atoms with Crippen molar-refractivity contribution in [2.75, 3.05) is 33.7 Å². The molecule has 0 spiro atoms. The van der Waals surface area contributed by atoms with E-state index < -0.39 is 18.6 Å².